The minimum Gasteiger partial charge on any atom is -0.491 e. The summed E-state index contributed by atoms with van der Waals surface area (Å²) in [6, 6.07) is 13.8. The molecule has 0 spiro atoms. The van der Waals surface area contributed by atoms with Gasteiger partial charge in [-0.15, -0.1) is 0 Å². The number of ether oxygens (including phenoxy) is 3. The molecule has 1 aliphatic carbocycles. The molecule has 0 amide bonds. The van der Waals surface area contributed by atoms with Gasteiger partial charge in [0.25, 0.3) is 0 Å². The van der Waals surface area contributed by atoms with E-state index in [9.17, 15) is 5.11 Å². The Morgan fingerprint density at radius 1 is 1.03 bits per heavy atom. The lowest BCUT2D eigenvalue weighted by Crippen LogP contribution is -2.59. The Hall–Kier alpha value is -1.41. The molecule has 1 unspecified atom stereocenters. The SMILES string of the molecule is CC[C@H]1OC(O)(c2ccc(Cl)c(Cc3ccc(OCCOC4CC4)cc3)c2)[C@H](O[Si](C)(C)C)[C@@H](C)[C@@H]1C. The van der Waals surface area contributed by atoms with Gasteiger partial charge < -0.3 is 23.7 Å². The molecule has 2 aliphatic rings. The Morgan fingerprint density at radius 2 is 1.73 bits per heavy atom. The van der Waals surface area contributed by atoms with E-state index in [0.29, 0.717) is 36.3 Å². The van der Waals surface area contributed by atoms with Crippen LogP contribution in [0.3, 0.4) is 0 Å². The van der Waals surface area contributed by atoms with Crippen molar-refractivity contribution in [2.75, 3.05) is 13.2 Å². The first-order valence-electron chi connectivity index (χ1n) is 13.7. The highest BCUT2D eigenvalue weighted by Gasteiger charge is 2.53. The summed E-state index contributed by atoms with van der Waals surface area (Å²) in [5, 5.41) is 12.8. The van der Waals surface area contributed by atoms with Crippen LogP contribution in [0.1, 0.15) is 56.7 Å². The molecule has 1 heterocycles. The molecule has 204 valence electrons. The van der Waals surface area contributed by atoms with Crippen LogP contribution in [0.5, 0.6) is 5.75 Å². The number of hydrogen-bond donors (Lipinski definition) is 1. The Bertz CT molecular complexity index is 1040. The average molecular weight is 547 g/mol. The van der Waals surface area contributed by atoms with Gasteiger partial charge in [0.2, 0.25) is 5.79 Å². The molecule has 4 rings (SSSR count). The summed E-state index contributed by atoms with van der Waals surface area (Å²) in [6.07, 6.45) is 3.75. The van der Waals surface area contributed by atoms with E-state index in [1.807, 2.05) is 30.3 Å². The second kappa shape index (κ2) is 11.8. The van der Waals surface area contributed by atoms with Gasteiger partial charge >= 0.3 is 0 Å². The van der Waals surface area contributed by atoms with Crippen molar-refractivity contribution in [1.82, 2.24) is 0 Å². The minimum absolute atomic E-state index is 0.0529. The lowest BCUT2D eigenvalue weighted by atomic mass is 9.77. The molecule has 1 N–H and O–H groups in total. The summed E-state index contributed by atoms with van der Waals surface area (Å²) in [5.74, 6) is -0.295. The molecule has 1 aliphatic heterocycles. The van der Waals surface area contributed by atoms with Crippen LogP contribution >= 0.6 is 11.6 Å². The van der Waals surface area contributed by atoms with Crippen molar-refractivity contribution in [3.05, 3.63) is 64.2 Å². The van der Waals surface area contributed by atoms with Crippen LogP contribution in [0.4, 0.5) is 0 Å². The van der Waals surface area contributed by atoms with Gasteiger partial charge in [-0.2, -0.15) is 0 Å². The Balaban J connectivity index is 1.52. The predicted octanol–water partition coefficient (Wildman–Crippen LogP) is 6.93. The molecule has 37 heavy (non-hydrogen) atoms. The molecule has 0 radical (unpaired) electrons. The lowest BCUT2D eigenvalue weighted by Gasteiger charge is -2.51. The van der Waals surface area contributed by atoms with E-state index in [0.717, 1.165) is 23.3 Å². The molecule has 2 aromatic rings. The number of hydrogen-bond acceptors (Lipinski definition) is 5. The van der Waals surface area contributed by atoms with Gasteiger partial charge in [-0.1, -0.05) is 50.6 Å². The van der Waals surface area contributed by atoms with Crippen molar-refractivity contribution >= 4 is 19.9 Å². The summed E-state index contributed by atoms with van der Waals surface area (Å²) in [5.41, 5.74) is 2.75. The molecule has 1 saturated carbocycles. The van der Waals surface area contributed by atoms with Crippen molar-refractivity contribution < 1.29 is 23.7 Å². The topological polar surface area (TPSA) is 57.2 Å². The third kappa shape index (κ3) is 7.17. The molecule has 0 bridgehead atoms. The largest absolute Gasteiger partial charge is 0.491 e. The zero-order valence-electron chi connectivity index (χ0n) is 23.1. The molecule has 2 aromatic carbocycles. The molecule has 1 saturated heterocycles. The van der Waals surface area contributed by atoms with Crippen molar-refractivity contribution in [1.29, 1.82) is 0 Å². The second-order valence-electron chi connectivity index (χ2n) is 11.7. The highest BCUT2D eigenvalue weighted by Crippen LogP contribution is 2.45. The fourth-order valence-corrected chi connectivity index (χ4v) is 6.42. The van der Waals surface area contributed by atoms with Crippen molar-refractivity contribution in [3.63, 3.8) is 0 Å². The van der Waals surface area contributed by atoms with Gasteiger partial charge in [0, 0.05) is 10.6 Å². The molecule has 5 nitrogen and oxygen atoms in total. The van der Waals surface area contributed by atoms with Crippen LogP contribution in [0.2, 0.25) is 24.7 Å². The van der Waals surface area contributed by atoms with E-state index >= 15 is 0 Å². The van der Waals surface area contributed by atoms with Crippen LogP contribution in [-0.4, -0.2) is 44.9 Å². The zero-order valence-corrected chi connectivity index (χ0v) is 24.9. The fraction of sp³-hybridized carbons (Fsp3) is 0.600. The van der Waals surface area contributed by atoms with E-state index in [1.165, 1.54) is 12.8 Å². The van der Waals surface area contributed by atoms with Gasteiger partial charge in [-0.25, -0.2) is 0 Å². The maximum absolute atomic E-state index is 12.1. The van der Waals surface area contributed by atoms with Crippen molar-refractivity contribution in [2.24, 2.45) is 11.8 Å². The maximum atomic E-state index is 12.1. The standard InChI is InChI=1S/C30H43ClO5Si/c1-7-28-20(2)21(3)29(36-37(4,5)6)30(32,35-28)24-10-15-27(31)23(19-24)18-22-8-11-25(12-9-22)33-16-17-34-26-13-14-26/h8-12,15,19-21,26,28-29,32H,7,13-14,16-18H2,1-6H3/t20-,21-,28+,29+,30?/m0/s1. The lowest BCUT2D eigenvalue weighted by molar-refractivity contribution is -0.331. The van der Waals surface area contributed by atoms with Crippen LogP contribution in [0.25, 0.3) is 0 Å². The Kier molecular flexibility index (Phi) is 9.09. The number of halogens is 1. The van der Waals surface area contributed by atoms with Gasteiger partial charge in [0.15, 0.2) is 8.32 Å². The van der Waals surface area contributed by atoms with Crippen LogP contribution in [0.15, 0.2) is 42.5 Å². The van der Waals surface area contributed by atoms with Gasteiger partial charge in [0.1, 0.15) is 18.5 Å². The highest BCUT2D eigenvalue weighted by molar-refractivity contribution is 6.69. The fourth-order valence-electron chi connectivity index (χ4n) is 5.10. The molecule has 5 atom stereocenters. The summed E-state index contributed by atoms with van der Waals surface area (Å²) in [7, 11) is -1.96. The first kappa shape index (κ1) is 28.6. The van der Waals surface area contributed by atoms with Crippen molar-refractivity contribution in [3.8, 4) is 5.75 Å². The first-order valence-corrected chi connectivity index (χ1v) is 17.5. The van der Waals surface area contributed by atoms with E-state index in [2.05, 4.69) is 52.5 Å². The quantitative estimate of drug-likeness (QED) is 0.244. The van der Waals surface area contributed by atoms with E-state index in [4.69, 9.17) is 30.2 Å². The summed E-state index contributed by atoms with van der Waals surface area (Å²) >= 11 is 6.64. The third-order valence-electron chi connectivity index (χ3n) is 7.50. The van der Waals surface area contributed by atoms with Gasteiger partial charge in [0.05, 0.1) is 18.8 Å². The predicted molar refractivity (Wildman–Crippen MR) is 151 cm³/mol. The average Bonchev–Trinajstić information content (AvgIpc) is 3.68. The molecule has 0 aromatic heterocycles. The van der Waals surface area contributed by atoms with Crippen molar-refractivity contribution in [2.45, 2.75) is 90.2 Å². The zero-order chi connectivity index (χ0) is 26.8. The summed E-state index contributed by atoms with van der Waals surface area (Å²) < 4.78 is 24.5. The summed E-state index contributed by atoms with van der Waals surface area (Å²) in [4.78, 5) is 0. The van der Waals surface area contributed by atoms with Crippen LogP contribution in [0, 0.1) is 11.8 Å². The van der Waals surface area contributed by atoms with Crippen LogP contribution in [-0.2, 0) is 26.1 Å². The molecule has 2 fully saturated rings. The maximum Gasteiger partial charge on any atom is 0.218 e. The van der Waals surface area contributed by atoms with E-state index in [1.54, 1.807) is 0 Å². The monoisotopic (exact) mass is 546 g/mol. The van der Waals surface area contributed by atoms with E-state index < -0.39 is 20.2 Å². The molecular weight excluding hydrogens is 504 g/mol. The van der Waals surface area contributed by atoms with Gasteiger partial charge in [-0.05, 0) is 92.6 Å². The Labute approximate surface area is 228 Å². The first-order chi connectivity index (χ1) is 17.5. The second-order valence-corrected chi connectivity index (χ2v) is 16.5. The third-order valence-corrected chi connectivity index (χ3v) is 8.83. The minimum atomic E-state index is -1.96. The van der Waals surface area contributed by atoms with Crippen LogP contribution < -0.4 is 4.74 Å². The van der Waals surface area contributed by atoms with E-state index in [-0.39, 0.29) is 17.9 Å². The number of benzene rings is 2. The Morgan fingerprint density at radius 3 is 2.35 bits per heavy atom. The molecular formula is C30H43ClO5Si. The normalized spacial score (nSPS) is 28.3. The number of aliphatic hydroxyl groups is 1. The summed E-state index contributed by atoms with van der Waals surface area (Å²) in [6.45, 7) is 14.1. The number of rotatable bonds is 11. The van der Waals surface area contributed by atoms with Gasteiger partial charge in [-0.3, -0.25) is 0 Å². The highest BCUT2D eigenvalue weighted by atomic mass is 35.5. The smallest absolute Gasteiger partial charge is 0.218 e. The molecule has 7 heteroatoms.